The minimum absolute atomic E-state index is 0.461. The van der Waals surface area contributed by atoms with E-state index in [2.05, 4.69) is 78.2 Å². The lowest BCUT2D eigenvalue weighted by Crippen LogP contribution is -2.23. The SMILES string of the molecule is CCOc1ccc(CN2CC(C)SC2c2ccccc2)cc1. The number of hydrogen-bond acceptors (Lipinski definition) is 3. The molecule has 2 aromatic carbocycles. The van der Waals surface area contributed by atoms with Crippen molar-refractivity contribution in [1.82, 2.24) is 4.90 Å². The van der Waals surface area contributed by atoms with Crippen LogP contribution in [0.15, 0.2) is 54.6 Å². The Balaban J connectivity index is 1.72. The molecule has 1 aliphatic rings. The quantitative estimate of drug-likeness (QED) is 0.792. The van der Waals surface area contributed by atoms with Crippen LogP contribution < -0.4 is 4.74 Å². The van der Waals surface area contributed by atoms with Crippen molar-refractivity contribution in [3.8, 4) is 5.75 Å². The molecule has 1 fully saturated rings. The van der Waals surface area contributed by atoms with Gasteiger partial charge in [-0.25, -0.2) is 0 Å². The maximum atomic E-state index is 5.52. The van der Waals surface area contributed by atoms with Crippen molar-refractivity contribution < 1.29 is 4.74 Å². The van der Waals surface area contributed by atoms with Crippen molar-refractivity contribution in [3.63, 3.8) is 0 Å². The number of rotatable bonds is 5. The molecule has 2 unspecified atom stereocenters. The standard InChI is InChI=1S/C19H23NOS/c1-3-21-18-11-9-16(10-12-18)14-20-13-15(2)22-19(20)17-7-5-4-6-8-17/h4-12,15,19H,3,13-14H2,1-2H3. The van der Waals surface area contributed by atoms with Gasteiger partial charge in [-0.1, -0.05) is 49.4 Å². The fourth-order valence-corrected chi connectivity index (χ4v) is 4.29. The van der Waals surface area contributed by atoms with E-state index in [1.807, 2.05) is 6.92 Å². The number of nitrogens with zero attached hydrogens (tertiary/aromatic N) is 1. The molecular weight excluding hydrogens is 290 g/mol. The summed E-state index contributed by atoms with van der Waals surface area (Å²) >= 11 is 2.06. The van der Waals surface area contributed by atoms with Crippen molar-refractivity contribution >= 4 is 11.8 Å². The highest BCUT2D eigenvalue weighted by Gasteiger charge is 2.31. The summed E-state index contributed by atoms with van der Waals surface area (Å²) in [7, 11) is 0. The molecule has 0 saturated carbocycles. The van der Waals surface area contributed by atoms with Gasteiger partial charge in [-0.15, -0.1) is 11.8 Å². The van der Waals surface area contributed by atoms with Gasteiger partial charge in [0.2, 0.25) is 0 Å². The lowest BCUT2D eigenvalue weighted by molar-refractivity contribution is 0.272. The third kappa shape index (κ3) is 3.65. The Labute approximate surface area is 137 Å². The van der Waals surface area contributed by atoms with Crippen LogP contribution in [0.1, 0.15) is 30.3 Å². The van der Waals surface area contributed by atoms with Crippen LogP contribution in [0.4, 0.5) is 0 Å². The smallest absolute Gasteiger partial charge is 0.119 e. The topological polar surface area (TPSA) is 12.5 Å². The zero-order chi connectivity index (χ0) is 15.4. The summed E-state index contributed by atoms with van der Waals surface area (Å²) in [6, 6.07) is 19.3. The maximum absolute atomic E-state index is 5.52. The maximum Gasteiger partial charge on any atom is 0.119 e. The van der Waals surface area contributed by atoms with E-state index in [0.29, 0.717) is 10.6 Å². The molecule has 0 N–H and O–H groups in total. The minimum Gasteiger partial charge on any atom is -0.494 e. The average Bonchev–Trinajstić information content (AvgIpc) is 2.91. The molecule has 3 heteroatoms. The van der Waals surface area contributed by atoms with E-state index in [1.54, 1.807) is 0 Å². The lowest BCUT2D eigenvalue weighted by atomic mass is 10.1. The summed E-state index contributed by atoms with van der Waals surface area (Å²) in [4.78, 5) is 2.57. The molecule has 22 heavy (non-hydrogen) atoms. The molecule has 0 amide bonds. The van der Waals surface area contributed by atoms with Gasteiger partial charge in [-0.05, 0) is 30.2 Å². The molecular formula is C19H23NOS. The molecule has 1 aliphatic heterocycles. The van der Waals surface area contributed by atoms with Crippen LogP contribution in [0.3, 0.4) is 0 Å². The van der Waals surface area contributed by atoms with Crippen LogP contribution in [0.2, 0.25) is 0 Å². The van der Waals surface area contributed by atoms with Gasteiger partial charge >= 0.3 is 0 Å². The predicted molar refractivity (Wildman–Crippen MR) is 94.3 cm³/mol. The van der Waals surface area contributed by atoms with Crippen molar-refractivity contribution in [3.05, 3.63) is 65.7 Å². The zero-order valence-corrected chi connectivity index (χ0v) is 14.1. The Morgan fingerprint density at radius 1 is 1.09 bits per heavy atom. The van der Waals surface area contributed by atoms with E-state index in [0.717, 1.165) is 25.4 Å². The van der Waals surface area contributed by atoms with E-state index in [-0.39, 0.29) is 0 Å². The number of benzene rings is 2. The van der Waals surface area contributed by atoms with Crippen LogP contribution in [0.5, 0.6) is 5.75 Å². The fourth-order valence-electron chi connectivity index (χ4n) is 2.92. The van der Waals surface area contributed by atoms with Gasteiger partial charge in [0, 0.05) is 18.3 Å². The Kier molecular flexibility index (Phi) is 5.06. The highest BCUT2D eigenvalue weighted by molar-refractivity contribution is 8.00. The first-order valence-electron chi connectivity index (χ1n) is 7.92. The van der Waals surface area contributed by atoms with Crippen molar-refractivity contribution in [2.24, 2.45) is 0 Å². The van der Waals surface area contributed by atoms with Gasteiger partial charge < -0.3 is 4.74 Å². The molecule has 0 aromatic heterocycles. The molecule has 0 spiro atoms. The summed E-state index contributed by atoms with van der Waals surface area (Å²) < 4.78 is 5.52. The van der Waals surface area contributed by atoms with Crippen LogP contribution in [-0.4, -0.2) is 23.3 Å². The number of ether oxygens (including phenoxy) is 1. The van der Waals surface area contributed by atoms with Crippen LogP contribution in [0, 0.1) is 0 Å². The van der Waals surface area contributed by atoms with Gasteiger partial charge in [-0.3, -0.25) is 4.90 Å². The lowest BCUT2D eigenvalue weighted by Gasteiger charge is -2.24. The van der Waals surface area contributed by atoms with E-state index in [4.69, 9.17) is 4.74 Å². The second-order valence-electron chi connectivity index (χ2n) is 5.72. The van der Waals surface area contributed by atoms with Crippen molar-refractivity contribution in [2.75, 3.05) is 13.2 Å². The summed E-state index contributed by atoms with van der Waals surface area (Å²) in [6.45, 7) is 7.18. The molecule has 0 bridgehead atoms. The third-order valence-electron chi connectivity index (χ3n) is 3.89. The molecule has 1 heterocycles. The second kappa shape index (κ2) is 7.21. The molecule has 2 atom stereocenters. The fraction of sp³-hybridized carbons (Fsp3) is 0.368. The van der Waals surface area contributed by atoms with Gasteiger partial charge in [0.05, 0.1) is 12.0 Å². The van der Waals surface area contributed by atoms with E-state index in [1.165, 1.54) is 11.1 Å². The van der Waals surface area contributed by atoms with E-state index >= 15 is 0 Å². The van der Waals surface area contributed by atoms with Crippen LogP contribution >= 0.6 is 11.8 Å². The Morgan fingerprint density at radius 3 is 2.50 bits per heavy atom. The first kappa shape index (κ1) is 15.4. The molecule has 1 saturated heterocycles. The van der Waals surface area contributed by atoms with Gasteiger partial charge in [0.1, 0.15) is 5.75 Å². The average molecular weight is 313 g/mol. The molecule has 0 aliphatic carbocycles. The normalized spacial score (nSPS) is 21.9. The molecule has 2 nitrogen and oxygen atoms in total. The van der Waals surface area contributed by atoms with Gasteiger partial charge in [0.15, 0.2) is 0 Å². The van der Waals surface area contributed by atoms with E-state index in [9.17, 15) is 0 Å². The van der Waals surface area contributed by atoms with E-state index < -0.39 is 0 Å². The molecule has 0 radical (unpaired) electrons. The highest BCUT2D eigenvalue weighted by atomic mass is 32.2. The Bertz CT molecular complexity index is 584. The molecule has 116 valence electrons. The summed E-state index contributed by atoms with van der Waals surface area (Å²) in [5.41, 5.74) is 2.75. The Hall–Kier alpha value is -1.45. The monoisotopic (exact) mass is 313 g/mol. The summed E-state index contributed by atoms with van der Waals surface area (Å²) in [5.74, 6) is 0.954. The third-order valence-corrected chi connectivity index (χ3v) is 5.33. The zero-order valence-electron chi connectivity index (χ0n) is 13.2. The van der Waals surface area contributed by atoms with Crippen LogP contribution in [0.25, 0.3) is 0 Å². The van der Waals surface area contributed by atoms with Gasteiger partial charge in [-0.2, -0.15) is 0 Å². The number of thioether (sulfide) groups is 1. The molecule has 2 aromatic rings. The van der Waals surface area contributed by atoms with Crippen molar-refractivity contribution in [1.29, 1.82) is 0 Å². The largest absolute Gasteiger partial charge is 0.494 e. The highest BCUT2D eigenvalue weighted by Crippen LogP contribution is 2.42. The first-order valence-corrected chi connectivity index (χ1v) is 8.86. The van der Waals surface area contributed by atoms with Crippen LogP contribution in [-0.2, 0) is 6.54 Å². The summed E-state index contributed by atoms with van der Waals surface area (Å²) in [6.07, 6.45) is 0. The molecule has 3 rings (SSSR count). The Morgan fingerprint density at radius 2 is 1.82 bits per heavy atom. The van der Waals surface area contributed by atoms with Gasteiger partial charge in [0.25, 0.3) is 0 Å². The minimum atomic E-state index is 0.461. The summed E-state index contributed by atoms with van der Waals surface area (Å²) in [5, 5.41) is 1.13. The number of hydrogen-bond donors (Lipinski definition) is 0. The van der Waals surface area contributed by atoms with Crippen molar-refractivity contribution in [2.45, 2.75) is 31.0 Å². The predicted octanol–water partition coefficient (Wildman–Crippen LogP) is 4.72. The first-order chi connectivity index (χ1) is 10.8. The second-order valence-corrected chi connectivity index (χ2v) is 7.24.